The molecule has 13 heteroatoms. The van der Waals surface area contributed by atoms with E-state index in [0.29, 0.717) is 32.5 Å². The number of anilines is 2. The fourth-order valence-electron chi connectivity index (χ4n) is 3.27. The second-order valence-electron chi connectivity index (χ2n) is 7.27. The molecule has 1 heterocycles. The predicted octanol–water partition coefficient (Wildman–Crippen LogP) is 1.33. The SMILES string of the molecule is COc1cc2c(Nc3ccc(Cl)c(Cl)c3)ncnc2cc1O[C@@H](CO)[C@@H](O)[C@H](O)[C@H](CO)OC.O. The second kappa shape index (κ2) is 13.0. The third kappa shape index (κ3) is 6.60. The molecule has 3 aromatic rings. The lowest BCUT2D eigenvalue weighted by atomic mass is 10.0. The first-order chi connectivity index (χ1) is 16.3. The minimum absolute atomic E-state index is 0. The van der Waals surface area contributed by atoms with E-state index in [-0.39, 0.29) is 17.0 Å². The molecule has 3 rings (SSSR count). The number of methoxy groups -OCH3 is 2. The first kappa shape index (κ1) is 28.8. The summed E-state index contributed by atoms with van der Waals surface area (Å²) in [6, 6.07) is 8.24. The largest absolute Gasteiger partial charge is 0.493 e. The summed E-state index contributed by atoms with van der Waals surface area (Å²) in [6.07, 6.45) is -4.04. The van der Waals surface area contributed by atoms with Gasteiger partial charge in [-0.25, -0.2) is 9.97 Å². The van der Waals surface area contributed by atoms with Crippen molar-refractivity contribution in [1.82, 2.24) is 9.97 Å². The summed E-state index contributed by atoms with van der Waals surface area (Å²) in [5, 5.41) is 44.4. The molecule has 0 aliphatic carbocycles. The Morgan fingerprint density at radius 2 is 1.60 bits per heavy atom. The van der Waals surface area contributed by atoms with Crippen LogP contribution in [0.4, 0.5) is 11.5 Å². The quantitative estimate of drug-likeness (QED) is 0.242. The number of benzene rings is 2. The number of nitrogens with one attached hydrogen (secondary N) is 1. The molecule has 11 nitrogen and oxygen atoms in total. The number of rotatable bonds is 11. The molecule has 0 saturated heterocycles. The molecule has 0 fully saturated rings. The van der Waals surface area contributed by atoms with Crippen LogP contribution in [-0.4, -0.2) is 87.7 Å². The molecular weight excluding hydrogens is 505 g/mol. The topological polar surface area (TPSA) is 178 Å². The maximum absolute atomic E-state index is 10.5. The zero-order chi connectivity index (χ0) is 24.8. The van der Waals surface area contributed by atoms with Gasteiger partial charge in [-0.15, -0.1) is 0 Å². The third-order valence-electron chi connectivity index (χ3n) is 5.16. The average Bonchev–Trinajstić information content (AvgIpc) is 2.84. The van der Waals surface area contributed by atoms with Crippen LogP contribution in [0.15, 0.2) is 36.7 Å². The Labute approximate surface area is 211 Å². The molecule has 7 N–H and O–H groups in total. The van der Waals surface area contributed by atoms with Crippen LogP contribution in [0, 0.1) is 0 Å². The van der Waals surface area contributed by atoms with Crippen molar-refractivity contribution in [2.24, 2.45) is 0 Å². The monoisotopic (exact) mass is 531 g/mol. The normalized spacial score (nSPS) is 14.5. The Balaban J connectivity index is 0.00000432. The first-order valence-corrected chi connectivity index (χ1v) is 10.9. The van der Waals surface area contributed by atoms with Crippen molar-refractivity contribution in [1.29, 1.82) is 0 Å². The third-order valence-corrected chi connectivity index (χ3v) is 5.89. The highest BCUT2D eigenvalue weighted by atomic mass is 35.5. The van der Waals surface area contributed by atoms with Crippen LogP contribution in [0.25, 0.3) is 10.9 Å². The number of aliphatic hydroxyl groups is 4. The summed E-state index contributed by atoms with van der Waals surface area (Å²) in [6.45, 7) is -1.16. The highest BCUT2D eigenvalue weighted by Crippen LogP contribution is 2.36. The molecule has 1 aromatic heterocycles. The number of aliphatic hydroxyl groups excluding tert-OH is 4. The molecule has 192 valence electrons. The van der Waals surface area contributed by atoms with Gasteiger partial charge in [-0.1, -0.05) is 23.2 Å². The molecule has 0 unspecified atom stereocenters. The van der Waals surface area contributed by atoms with Gasteiger partial charge >= 0.3 is 0 Å². The Morgan fingerprint density at radius 1 is 0.914 bits per heavy atom. The number of fused-ring (bicyclic) bond motifs is 1. The molecule has 0 bridgehead atoms. The summed E-state index contributed by atoms with van der Waals surface area (Å²) in [5.41, 5.74) is 1.13. The number of aromatic nitrogens is 2. The lowest BCUT2D eigenvalue weighted by molar-refractivity contribution is -0.127. The predicted molar refractivity (Wildman–Crippen MR) is 131 cm³/mol. The number of hydrogen-bond acceptors (Lipinski definition) is 10. The van der Waals surface area contributed by atoms with Crippen molar-refractivity contribution in [2.45, 2.75) is 24.4 Å². The number of hydrogen-bond donors (Lipinski definition) is 5. The van der Waals surface area contributed by atoms with Crippen LogP contribution in [0.5, 0.6) is 11.5 Å². The van der Waals surface area contributed by atoms with Gasteiger partial charge in [0.2, 0.25) is 0 Å². The summed E-state index contributed by atoms with van der Waals surface area (Å²) >= 11 is 12.1. The summed E-state index contributed by atoms with van der Waals surface area (Å²) in [5.74, 6) is 0.899. The van der Waals surface area contributed by atoms with Crippen molar-refractivity contribution >= 4 is 45.6 Å². The highest BCUT2D eigenvalue weighted by Gasteiger charge is 2.34. The molecule has 0 aliphatic heterocycles. The van der Waals surface area contributed by atoms with E-state index in [9.17, 15) is 20.4 Å². The van der Waals surface area contributed by atoms with Crippen molar-refractivity contribution in [3.05, 3.63) is 46.7 Å². The number of ether oxygens (including phenoxy) is 3. The molecule has 35 heavy (non-hydrogen) atoms. The number of halogens is 2. The van der Waals surface area contributed by atoms with E-state index in [4.69, 9.17) is 37.4 Å². The molecule has 0 aliphatic rings. The lowest BCUT2D eigenvalue weighted by Crippen LogP contribution is -2.49. The Morgan fingerprint density at radius 3 is 2.20 bits per heavy atom. The zero-order valence-corrected chi connectivity index (χ0v) is 20.4. The van der Waals surface area contributed by atoms with Crippen LogP contribution in [-0.2, 0) is 4.74 Å². The standard InChI is InChI=1S/C22H25Cl2N3O7.H2O/c1-32-16-6-12-15(25-10-26-22(12)27-11-3-4-13(23)14(24)5-11)7-17(16)34-19(9-29)21(31)20(30)18(8-28)33-2;/h3-7,10,18-21,28-31H,8-9H2,1-2H3,(H,25,26,27);1H2/t18-,19-,20+,21+;/m0./s1. The zero-order valence-electron chi connectivity index (χ0n) is 18.9. The Bertz CT molecular complexity index is 1120. The summed E-state index contributed by atoms with van der Waals surface area (Å²) in [4.78, 5) is 8.54. The minimum Gasteiger partial charge on any atom is -0.493 e. The minimum atomic E-state index is -1.57. The molecule has 2 aromatic carbocycles. The Hall–Kier alpha value is -2.48. The number of nitrogens with zero attached hydrogens (tertiary/aromatic N) is 2. The maximum Gasteiger partial charge on any atom is 0.164 e. The smallest absolute Gasteiger partial charge is 0.164 e. The van der Waals surface area contributed by atoms with Gasteiger partial charge in [-0.2, -0.15) is 0 Å². The molecule has 0 amide bonds. The van der Waals surface area contributed by atoms with Crippen LogP contribution in [0.2, 0.25) is 10.0 Å². The van der Waals surface area contributed by atoms with Gasteiger partial charge in [0, 0.05) is 24.2 Å². The van der Waals surface area contributed by atoms with Gasteiger partial charge in [0.15, 0.2) is 17.6 Å². The van der Waals surface area contributed by atoms with Crippen LogP contribution >= 0.6 is 23.2 Å². The van der Waals surface area contributed by atoms with Crippen molar-refractivity contribution in [3.63, 3.8) is 0 Å². The lowest BCUT2D eigenvalue weighted by Gasteiger charge is -2.30. The maximum atomic E-state index is 10.5. The van der Waals surface area contributed by atoms with E-state index in [0.717, 1.165) is 0 Å². The van der Waals surface area contributed by atoms with Crippen molar-refractivity contribution in [2.75, 3.05) is 32.8 Å². The second-order valence-corrected chi connectivity index (χ2v) is 8.09. The molecular formula is C22H27Cl2N3O8. The van der Waals surface area contributed by atoms with Gasteiger partial charge in [-0.05, 0) is 24.3 Å². The van der Waals surface area contributed by atoms with Gasteiger partial charge in [-0.3, -0.25) is 0 Å². The summed E-state index contributed by atoms with van der Waals surface area (Å²) < 4.78 is 16.1. The summed E-state index contributed by atoms with van der Waals surface area (Å²) in [7, 11) is 2.71. The highest BCUT2D eigenvalue weighted by molar-refractivity contribution is 6.42. The molecule has 4 atom stereocenters. The molecule has 0 saturated carbocycles. The van der Waals surface area contributed by atoms with Crippen LogP contribution < -0.4 is 14.8 Å². The van der Waals surface area contributed by atoms with E-state index in [1.165, 1.54) is 20.5 Å². The van der Waals surface area contributed by atoms with Gasteiger partial charge in [0.25, 0.3) is 0 Å². The fraction of sp³-hybridized carbons (Fsp3) is 0.364. The van der Waals surface area contributed by atoms with E-state index < -0.39 is 37.6 Å². The van der Waals surface area contributed by atoms with Crippen molar-refractivity contribution in [3.8, 4) is 11.5 Å². The van der Waals surface area contributed by atoms with E-state index >= 15 is 0 Å². The Kier molecular flexibility index (Phi) is 10.7. The molecule has 0 radical (unpaired) electrons. The van der Waals surface area contributed by atoms with E-state index in [2.05, 4.69) is 15.3 Å². The fourth-order valence-corrected chi connectivity index (χ4v) is 3.56. The van der Waals surface area contributed by atoms with Gasteiger partial charge in [0.1, 0.15) is 30.5 Å². The molecule has 0 spiro atoms. The van der Waals surface area contributed by atoms with Gasteiger partial charge in [0.05, 0.1) is 35.9 Å². The van der Waals surface area contributed by atoms with E-state index in [1.54, 1.807) is 30.3 Å². The van der Waals surface area contributed by atoms with Crippen LogP contribution in [0.1, 0.15) is 0 Å². The average molecular weight is 532 g/mol. The van der Waals surface area contributed by atoms with Gasteiger partial charge < -0.3 is 45.4 Å². The first-order valence-electron chi connectivity index (χ1n) is 10.1. The van der Waals surface area contributed by atoms with Crippen molar-refractivity contribution < 1.29 is 40.1 Å². The van der Waals surface area contributed by atoms with Crippen LogP contribution in [0.3, 0.4) is 0 Å². The van der Waals surface area contributed by atoms with E-state index in [1.807, 2.05) is 0 Å².